The Morgan fingerprint density at radius 1 is 1.11 bits per heavy atom. The van der Waals surface area contributed by atoms with Crippen LogP contribution < -0.4 is 4.74 Å². The number of hydrogen-bond acceptors (Lipinski definition) is 5. The topological polar surface area (TPSA) is 58.5 Å². The van der Waals surface area contributed by atoms with Gasteiger partial charge < -0.3 is 9.84 Å². The number of rotatable bonds is 6. The number of methoxy groups -OCH3 is 1. The minimum absolute atomic E-state index is 0.219. The average molecular weight is 383 g/mol. The Hall–Kier alpha value is -2.57. The molecule has 3 aromatic rings. The van der Waals surface area contributed by atoms with Crippen molar-refractivity contribution in [3.05, 3.63) is 65.5 Å². The van der Waals surface area contributed by atoms with Gasteiger partial charge in [0.25, 0.3) is 0 Å². The second kappa shape index (κ2) is 7.45. The number of ether oxygens (including phenoxy) is 1. The lowest BCUT2D eigenvalue weighted by Crippen LogP contribution is -2.43. The Labute approximate surface area is 164 Å². The normalized spacial score (nSPS) is 14.3. The van der Waals surface area contributed by atoms with Crippen molar-refractivity contribution in [2.24, 2.45) is 0 Å². The molecule has 0 bridgehead atoms. The molecule has 6 heteroatoms. The zero-order chi connectivity index (χ0) is 20.5. The summed E-state index contributed by atoms with van der Waals surface area (Å²) >= 11 is 0. The average Bonchev–Trinajstić information content (AvgIpc) is 2.65. The van der Waals surface area contributed by atoms with Crippen LogP contribution in [0.2, 0.25) is 0 Å². The number of aliphatic hydroxyl groups is 1. The number of aromatic nitrogens is 2. The van der Waals surface area contributed by atoms with Crippen LogP contribution in [-0.2, 0) is 12.1 Å². The van der Waals surface area contributed by atoms with Crippen molar-refractivity contribution in [2.45, 2.75) is 31.7 Å². The SMILES string of the molecule is COc1ccc(CC(C)(C)F)cc1C(O)(c1cnc2ccccc2n1)N(C)C. The third-order valence-electron chi connectivity index (χ3n) is 4.72. The van der Waals surface area contributed by atoms with E-state index in [2.05, 4.69) is 9.97 Å². The molecule has 0 aliphatic carbocycles. The fourth-order valence-electron chi connectivity index (χ4n) is 3.36. The number of benzene rings is 2. The van der Waals surface area contributed by atoms with Gasteiger partial charge in [0.1, 0.15) is 17.1 Å². The van der Waals surface area contributed by atoms with Crippen LogP contribution in [0.1, 0.15) is 30.7 Å². The molecular weight excluding hydrogens is 357 g/mol. The number of nitrogens with zero attached hydrogens (tertiary/aromatic N) is 3. The van der Waals surface area contributed by atoms with Crippen LogP contribution in [0.5, 0.6) is 5.75 Å². The van der Waals surface area contributed by atoms with E-state index in [1.165, 1.54) is 13.8 Å². The first-order valence-electron chi connectivity index (χ1n) is 9.13. The third kappa shape index (κ3) is 3.84. The Balaban J connectivity index is 2.20. The predicted octanol–water partition coefficient (Wildman–Crippen LogP) is 3.68. The highest BCUT2D eigenvalue weighted by Crippen LogP contribution is 2.38. The van der Waals surface area contributed by atoms with Crippen LogP contribution in [0.3, 0.4) is 0 Å². The zero-order valence-corrected chi connectivity index (χ0v) is 16.9. The van der Waals surface area contributed by atoms with Crippen LogP contribution in [0.25, 0.3) is 11.0 Å². The van der Waals surface area contributed by atoms with E-state index in [9.17, 15) is 9.50 Å². The molecule has 148 valence electrons. The van der Waals surface area contributed by atoms with E-state index in [0.29, 0.717) is 22.5 Å². The lowest BCUT2D eigenvalue weighted by molar-refractivity contribution is -0.0560. The third-order valence-corrected chi connectivity index (χ3v) is 4.72. The van der Waals surface area contributed by atoms with Crippen molar-refractivity contribution in [1.29, 1.82) is 0 Å². The summed E-state index contributed by atoms with van der Waals surface area (Å²) in [5, 5.41) is 11.8. The van der Waals surface area contributed by atoms with Crippen molar-refractivity contribution < 1.29 is 14.2 Å². The fourth-order valence-corrected chi connectivity index (χ4v) is 3.36. The van der Waals surface area contributed by atoms with Gasteiger partial charge in [0.05, 0.1) is 24.3 Å². The molecule has 3 rings (SSSR count). The van der Waals surface area contributed by atoms with E-state index in [0.717, 1.165) is 11.1 Å². The second-order valence-corrected chi connectivity index (χ2v) is 7.74. The van der Waals surface area contributed by atoms with Gasteiger partial charge in [0.15, 0.2) is 5.72 Å². The van der Waals surface area contributed by atoms with Gasteiger partial charge in [-0.2, -0.15) is 0 Å². The van der Waals surface area contributed by atoms with E-state index in [1.54, 1.807) is 44.4 Å². The highest BCUT2D eigenvalue weighted by molar-refractivity contribution is 5.73. The van der Waals surface area contributed by atoms with Crippen molar-refractivity contribution in [3.8, 4) is 5.75 Å². The van der Waals surface area contributed by atoms with Gasteiger partial charge in [0, 0.05) is 12.0 Å². The number of para-hydroxylation sites is 2. The molecule has 0 saturated carbocycles. The molecule has 1 aromatic heterocycles. The molecule has 0 fully saturated rings. The first-order valence-corrected chi connectivity index (χ1v) is 9.13. The molecule has 1 heterocycles. The molecule has 2 aromatic carbocycles. The molecule has 0 saturated heterocycles. The predicted molar refractivity (Wildman–Crippen MR) is 108 cm³/mol. The van der Waals surface area contributed by atoms with E-state index in [-0.39, 0.29) is 6.42 Å². The number of fused-ring (bicyclic) bond motifs is 1. The van der Waals surface area contributed by atoms with Crippen molar-refractivity contribution >= 4 is 11.0 Å². The highest BCUT2D eigenvalue weighted by atomic mass is 19.1. The van der Waals surface area contributed by atoms with Crippen LogP contribution in [0, 0.1) is 0 Å². The van der Waals surface area contributed by atoms with Crippen molar-refractivity contribution in [3.63, 3.8) is 0 Å². The summed E-state index contributed by atoms with van der Waals surface area (Å²) in [5.74, 6) is 0.492. The molecule has 0 amide bonds. The van der Waals surface area contributed by atoms with E-state index >= 15 is 0 Å². The molecular formula is C22H26FN3O2. The summed E-state index contributed by atoms with van der Waals surface area (Å²) < 4.78 is 19.7. The summed E-state index contributed by atoms with van der Waals surface area (Å²) in [5.41, 5.74) is 0.0753. The summed E-state index contributed by atoms with van der Waals surface area (Å²) in [4.78, 5) is 10.7. The molecule has 0 spiro atoms. The van der Waals surface area contributed by atoms with Crippen LogP contribution in [-0.4, -0.2) is 46.8 Å². The van der Waals surface area contributed by atoms with Crippen molar-refractivity contribution in [2.75, 3.05) is 21.2 Å². The summed E-state index contributed by atoms with van der Waals surface area (Å²) in [7, 11) is 5.05. The Morgan fingerprint density at radius 2 is 1.79 bits per heavy atom. The molecule has 1 atom stereocenters. The van der Waals surface area contributed by atoms with E-state index < -0.39 is 11.4 Å². The van der Waals surface area contributed by atoms with Crippen LogP contribution in [0.15, 0.2) is 48.7 Å². The van der Waals surface area contributed by atoms with Gasteiger partial charge in [-0.3, -0.25) is 9.88 Å². The van der Waals surface area contributed by atoms with Gasteiger partial charge in [-0.05, 0) is 57.8 Å². The van der Waals surface area contributed by atoms with Gasteiger partial charge in [-0.25, -0.2) is 9.37 Å². The summed E-state index contributed by atoms with van der Waals surface area (Å²) in [6.07, 6.45) is 1.78. The Bertz CT molecular complexity index is 985. The molecule has 28 heavy (non-hydrogen) atoms. The smallest absolute Gasteiger partial charge is 0.193 e. The lowest BCUT2D eigenvalue weighted by atomic mass is 9.92. The Kier molecular flexibility index (Phi) is 5.37. The van der Waals surface area contributed by atoms with Gasteiger partial charge >= 0.3 is 0 Å². The maximum absolute atomic E-state index is 14.2. The van der Waals surface area contributed by atoms with Gasteiger partial charge in [0.2, 0.25) is 0 Å². The number of halogens is 1. The van der Waals surface area contributed by atoms with Gasteiger partial charge in [-0.15, -0.1) is 0 Å². The molecule has 0 aliphatic heterocycles. The lowest BCUT2D eigenvalue weighted by Gasteiger charge is -2.35. The number of hydrogen-bond donors (Lipinski definition) is 1. The van der Waals surface area contributed by atoms with E-state index in [4.69, 9.17) is 4.74 Å². The fraction of sp³-hybridized carbons (Fsp3) is 0.364. The Morgan fingerprint density at radius 3 is 2.39 bits per heavy atom. The molecule has 0 radical (unpaired) electrons. The minimum Gasteiger partial charge on any atom is -0.496 e. The number of alkyl halides is 1. The maximum atomic E-state index is 14.2. The van der Waals surface area contributed by atoms with Crippen LogP contribution in [0.4, 0.5) is 4.39 Å². The monoisotopic (exact) mass is 383 g/mol. The van der Waals surface area contributed by atoms with Crippen LogP contribution >= 0.6 is 0 Å². The van der Waals surface area contributed by atoms with Crippen molar-refractivity contribution in [1.82, 2.24) is 14.9 Å². The second-order valence-electron chi connectivity index (χ2n) is 7.74. The summed E-state index contributed by atoms with van der Waals surface area (Å²) in [6.45, 7) is 3.06. The first kappa shape index (κ1) is 20.2. The first-order chi connectivity index (χ1) is 13.1. The molecule has 5 nitrogen and oxygen atoms in total. The summed E-state index contributed by atoms with van der Waals surface area (Å²) in [6, 6.07) is 12.8. The molecule has 0 aliphatic rings. The molecule has 1 unspecified atom stereocenters. The van der Waals surface area contributed by atoms with E-state index in [1.807, 2.05) is 30.3 Å². The maximum Gasteiger partial charge on any atom is 0.193 e. The quantitative estimate of drug-likeness (QED) is 0.658. The minimum atomic E-state index is -1.60. The van der Waals surface area contributed by atoms with Gasteiger partial charge in [-0.1, -0.05) is 18.2 Å². The largest absolute Gasteiger partial charge is 0.496 e. The highest BCUT2D eigenvalue weighted by Gasteiger charge is 2.39. The zero-order valence-electron chi connectivity index (χ0n) is 16.9. The molecule has 1 N–H and O–H groups in total. The standard InChI is InChI=1S/C22H26FN3O2/c1-21(2,23)13-15-10-11-19(28-5)16(12-15)22(27,26(3)4)20-14-24-17-8-6-7-9-18(17)25-20/h6-12,14,27H,13H2,1-5H3.